The van der Waals surface area contributed by atoms with Crippen LogP contribution in [0.15, 0.2) is 41.3 Å². The number of halogens is 1. The summed E-state index contributed by atoms with van der Waals surface area (Å²) in [7, 11) is 0. The molecule has 0 heterocycles. The normalized spacial score (nSPS) is 10.6. The van der Waals surface area contributed by atoms with Crippen molar-refractivity contribution in [3.05, 3.63) is 64.5 Å². The molecule has 0 aromatic heterocycles. The Kier molecular flexibility index (Phi) is 4.45. The molecule has 0 aliphatic rings. The number of amidine groups is 1. The average Bonchev–Trinajstić information content (AvgIpc) is 2.41. The van der Waals surface area contributed by atoms with Crippen molar-refractivity contribution in [3.8, 4) is 0 Å². The number of thioether (sulfide) groups is 1. The van der Waals surface area contributed by atoms with Gasteiger partial charge in [-0.3, -0.25) is 5.41 Å². The van der Waals surface area contributed by atoms with Crippen molar-refractivity contribution in [3.63, 3.8) is 0 Å². The quantitative estimate of drug-likeness (QED) is 0.507. The zero-order chi connectivity index (χ0) is 14.7. The molecule has 0 saturated carbocycles. The molecule has 3 N–H and O–H groups in total. The Morgan fingerprint density at radius 1 is 1.15 bits per heavy atom. The molecule has 0 aliphatic heterocycles. The number of nitrogens with one attached hydrogen (secondary N) is 1. The molecular weight excluding hydrogens is 271 g/mol. The van der Waals surface area contributed by atoms with Gasteiger partial charge in [-0.1, -0.05) is 12.1 Å². The lowest BCUT2D eigenvalue weighted by molar-refractivity contribution is 0.627. The molecule has 2 nitrogen and oxygen atoms in total. The smallest absolute Gasteiger partial charge is 0.123 e. The second kappa shape index (κ2) is 6.09. The SMILES string of the molecule is Cc1ccc(SCc2ccc(F)cc2C(=N)N)cc1C. The maximum absolute atomic E-state index is 13.2. The van der Waals surface area contributed by atoms with Crippen LogP contribution in [-0.2, 0) is 5.75 Å². The minimum Gasteiger partial charge on any atom is -0.384 e. The summed E-state index contributed by atoms with van der Waals surface area (Å²) >= 11 is 1.66. The molecule has 0 unspecified atom stereocenters. The summed E-state index contributed by atoms with van der Waals surface area (Å²) in [5.74, 6) is 0.202. The molecule has 0 fully saturated rings. The van der Waals surface area contributed by atoms with E-state index in [1.165, 1.54) is 23.3 Å². The van der Waals surface area contributed by atoms with Crippen molar-refractivity contribution >= 4 is 17.6 Å². The summed E-state index contributed by atoms with van der Waals surface area (Å²) in [5, 5.41) is 7.52. The van der Waals surface area contributed by atoms with Crippen molar-refractivity contribution in [2.45, 2.75) is 24.5 Å². The van der Waals surface area contributed by atoms with Gasteiger partial charge >= 0.3 is 0 Å². The Morgan fingerprint density at radius 2 is 1.90 bits per heavy atom. The minimum atomic E-state index is -0.366. The Hall–Kier alpha value is -1.81. The molecular formula is C16H17FN2S. The van der Waals surface area contributed by atoms with Gasteiger partial charge in [-0.15, -0.1) is 11.8 Å². The second-order valence-corrected chi connectivity index (χ2v) is 5.80. The van der Waals surface area contributed by atoms with Crippen LogP contribution in [0.4, 0.5) is 4.39 Å². The van der Waals surface area contributed by atoms with Crippen molar-refractivity contribution in [1.29, 1.82) is 5.41 Å². The first-order chi connectivity index (χ1) is 9.47. The van der Waals surface area contributed by atoms with E-state index in [9.17, 15) is 4.39 Å². The van der Waals surface area contributed by atoms with Crippen LogP contribution in [0.1, 0.15) is 22.3 Å². The number of hydrogen-bond donors (Lipinski definition) is 2. The Balaban J connectivity index is 2.18. The predicted molar refractivity (Wildman–Crippen MR) is 82.9 cm³/mol. The van der Waals surface area contributed by atoms with Crippen LogP contribution in [0.5, 0.6) is 0 Å². The maximum atomic E-state index is 13.2. The fourth-order valence-electron chi connectivity index (χ4n) is 1.89. The molecule has 0 saturated heterocycles. The number of hydrogen-bond acceptors (Lipinski definition) is 2. The van der Waals surface area contributed by atoms with Gasteiger partial charge in [-0.05, 0) is 54.8 Å². The number of aryl methyl sites for hydroxylation is 2. The van der Waals surface area contributed by atoms with Gasteiger partial charge in [0.25, 0.3) is 0 Å². The highest BCUT2D eigenvalue weighted by Gasteiger charge is 2.08. The van der Waals surface area contributed by atoms with Gasteiger partial charge in [0.05, 0.1) is 0 Å². The van der Waals surface area contributed by atoms with E-state index in [0.717, 1.165) is 10.5 Å². The molecule has 0 atom stereocenters. The predicted octanol–water partition coefficient (Wildman–Crippen LogP) is 4.02. The molecule has 0 bridgehead atoms. The van der Waals surface area contributed by atoms with Gasteiger partial charge in [-0.25, -0.2) is 4.39 Å². The standard InChI is InChI=1S/C16H17FN2S/c1-10-3-6-14(7-11(10)2)20-9-12-4-5-13(17)8-15(12)16(18)19/h3-8H,9H2,1-2H3,(H3,18,19). The van der Waals surface area contributed by atoms with Gasteiger partial charge in [0.15, 0.2) is 0 Å². The minimum absolute atomic E-state index is 0.0970. The van der Waals surface area contributed by atoms with Gasteiger partial charge < -0.3 is 5.73 Å². The zero-order valence-corrected chi connectivity index (χ0v) is 12.4. The van der Waals surface area contributed by atoms with Crippen molar-refractivity contribution in [1.82, 2.24) is 0 Å². The van der Waals surface area contributed by atoms with Gasteiger partial charge in [0.1, 0.15) is 11.7 Å². The third-order valence-corrected chi connectivity index (χ3v) is 4.28. The summed E-state index contributed by atoms with van der Waals surface area (Å²) < 4.78 is 13.2. The molecule has 0 amide bonds. The molecule has 2 rings (SSSR count). The monoisotopic (exact) mass is 288 g/mol. The molecule has 0 radical (unpaired) electrons. The highest BCUT2D eigenvalue weighted by Crippen LogP contribution is 2.26. The lowest BCUT2D eigenvalue weighted by Crippen LogP contribution is -2.13. The molecule has 104 valence electrons. The van der Waals surface area contributed by atoms with E-state index in [0.29, 0.717) is 11.3 Å². The van der Waals surface area contributed by atoms with Crippen molar-refractivity contribution in [2.75, 3.05) is 0 Å². The largest absolute Gasteiger partial charge is 0.384 e. The van der Waals surface area contributed by atoms with E-state index < -0.39 is 0 Å². The molecule has 2 aromatic carbocycles. The van der Waals surface area contributed by atoms with Gasteiger partial charge in [-0.2, -0.15) is 0 Å². The molecule has 4 heteroatoms. The van der Waals surface area contributed by atoms with E-state index in [2.05, 4.69) is 32.0 Å². The first-order valence-corrected chi connectivity index (χ1v) is 7.29. The molecule has 20 heavy (non-hydrogen) atoms. The topological polar surface area (TPSA) is 49.9 Å². The third kappa shape index (κ3) is 3.39. The first kappa shape index (κ1) is 14.6. The van der Waals surface area contributed by atoms with Crippen LogP contribution >= 0.6 is 11.8 Å². The van der Waals surface area contributed by atoms with Crippen LogP contribution in [0, 0.1) is 25.1 Å². The number of benzene rings is 2. The Morgan fingerprint density at radius 3 is 2.55 bits per heavy atom. The number of nitrogens with two attached hydrogens (primary N) is 1. The van der Waals surface area contributed by atoms with Crippen LogP contribution in [-0.4, -0.2) is 5.84 Å². The zero-order valence-electron chi connectivity index (χ0n) is 11.5. The summed E-state index contributed by atoms with van der Waals surface area (Å²) in [6.07, 6.45) is 0. The lowest BCUT2D eigenvalue weighted by atomic mass is 10.1. The number of nitrogen functional groups attached to an aromatic ring is 1. The maximum Gasteiger partial charge on any atom is 0.123 e. The van der Waals surface area contributed by atoms with Crippen LogP contribution < -0.4 is 5.73 Å². The molecule has 0 spiro atoms. The van der Waals surface area contributed by atoms with Crippen molar-refractivity contribution in [2.24, 2.45) is 5.73 Å². The van der Waals surface area contributed by atoms with E-state index in [4.69, 9.17) is 11.1 Å². The summed E-state index contributed by atoms with van der Waals surface area (Å²) in [6, 6.07) is 10.7. The van der Waals surface area contributed by atoms with Gasteiger partial charge in [0.2, 0.25) is 0 Å². The van der Waals surface area contributed by atoms with Crippen LogP contribution in [0.25, 0.3) is 0 Å². The second-order valence-electron chi connectivity index (χ2n) is 4.75. The number of rotatable bonds is 4. The first-order valence-electron chi connectivity index (χ1n) is 6.30. The van der Waals surface area contributed by atoms with Crippen molar-refractivity contribution < 1.29 is 4.39 Å². The average molecular weight is 288 g/mol. The fourth-order valence-corrected chi connectivity index (χ4v) is 2.89. The van der Waals surface area contributed by atoms with E-state index in [1.54, 1.807) is 17.8 Å². The fraction of sp³-hybridized carbons (Fsp3) is 0.188. The Bertz CT molecular complexity index is 653. The summed E-state index contributed by atoms with van der Waals surface area (Å²) in [4.78, 5) is 1.16. The van der Waals surface area contributed by atoms with E-state index >= 15 is 0 Å². The molecule has 2 aromatic rings. The van der Waals surface area contributed by atoms with Crippen LogP contribution in [0.2, 0.25) is 0 Å². The van der Waals surface area contributed by atoms with Crippen LogP contribution in [0.3, 0.4) is 0 Å². The van der Waals surface area contributed by atoms with E-state index in [1.807, 2.05) is 0 Å². The van der Waals surface area contributed by atoms with Gasteiger partial charge in [0, 0.05) is 16.2 Å². The lowest BCUT2D eigenvalue weighted by Gasteiger charge is -2.09. The summed E-state index contributed by atoms with van der Waals surface area (Å²) in [6.45, 7) is 4.16. The summed E-state index contributed by atoms with van der Waals surface area (Å²) in [5.41, 5.74) is 9.37. The van der Waals surface area contributed by atoms with E-state index in [-0.39, 0.29) is 11.7 Å². The highest BCUT2D eigenvalue weighted by atomic mass is 32.2. The highest BCUT2D eigenvalue weighted by molar-refractivity contribution is 7.98. The third-order valence-electron chi connectivity index (χ3n) is 3.23. The molecule has 0 aliphatic carbocycles. The Labute approximate surface area is 122 Å².